The van der Waals surface area contributed by atoms with Crippen LogP contribution in [0.1, 0.15) is 12.3 Å². The summed E-state index contributed by atoms with van der Waals surface area (Å²) in [6.07, 6.45) is 0.167. The zero-order valence-corrected chi connectivity index (χ0v) is 9.58. The van der Waals surface area contributed by atoms with Gasteiger partial charge in [-0.05, 0) is 18.2 Å². The number of fused-ring (bicyclic) bond motifs is 1. The minimum absolute atomic E-state index is 0.167. The molecule has 1 aromatic carbocycles. The van der Waals surface area contributed by atoms with Crippen LogP contribution in [0.4, 0.5) is 0 Å². The van der Waals surface area contributed by atoms with Crippen molar-refractivity contribution >= 4 is 28.8 Å². The van der Waals surface area contributed by atoms with E-state index in [4.69, 9.17) is 9.52 Å². The van der Waals surface area contributed by atoms with Crippen molar-refractivity contribution in [3.05, 3.63) is 24.1 Å². The Morgan fingerprint density at radius 1 is 1.56 bits per heavy atom. The Hall–Kier alpha value is -1.49. The summed E-state index contributed by atoms with van der Waals surface area (Å²) in [6, 6.07) is 5.69. The molecule has 1 heterocycles. The molecule has 0 aliphatic rings. The number of carboxylic acids is 1. The van der Waals surface area contributed by atoms with Crippen LogP contribution in [0.15, 0.2) is 27.5 Å². The zero-order valence-electron chi connectivity index (χ0n) is 8.77. The van der Waals surface area contributed by atoms with Gasteiger partial charge in [0.2, 0.25) is 0 Å². The molecule has 5 heteroatoms. The second-order valence-electron chi connectivity index (χ2n) is 3.35. The van der Waals surface area contributed by atoms with Gasteiger partial charge in [-0.25, -0.2) is 4.98 Å². The number of nitrogens with zero attached hydrogens (tertiary/aromatic N) is 1. The fourth-order valence-electron chi connectivity index (χ4n) is 1.37. The fourth-order valence-corrected chi connectivity index (χ4v) is 2.24. The largest absolute Gasteiger partial charge is 0.481 e. The Labute approximate surface area is 96.7 Å². The average molecular weight is 237 g/mol. The number of aliphatic carboxylic acids is 1. The van der Waals surface area contributed by atoms with E-state index in [1.54, 1.807) is 6.92 Å². The van der Waals surface area contributed by atoms with Gasteiger partial charge in [-0.3, -0.25) is 4.79 Å². The van der Waals surface area contributed by atoms with Crippen molar-refractivity contribution in [1.82, 2.24) is 4.98 Å². The van der Waals surface area contributed by atoms with Crippen LogP contribution in [0.3, 0.4) is 0 Å². The molecule has 0 atom stereocenters. The van der Waals surface area contributed by atoms with Crippen LogP contribution in [0.2, 0.25) is 0 Å². The first kappa shape index (κ1) is 11.0. The zero-order chi connectivity index (χ0) is 11.5. The van der Waals surface area contributed by atoms with Gasteiger partial charge in [-0.2, -0.15) is 0 Å². The molecule has 4 nitrogen and oxygen atoms in total. The maximum atomic E-state index is 10.4. The van der Waals surface area contributed by atoms with Gasteiger partial charge in [0.1, 0.15) is 5.52 Å². The molecule has 1 aromatic heterocycles. The minimum Gasteiger partial charge on any atom is -0.481 e. The Morgan fingerprint density at radius 3 is 3.12 bits per heavy atom. The fraction of sp³-hybridized carbons (Fsp3) is 0.273. The third kappa shape index (κ3) is 2.55. The van der Waals surface area contributed by atoms with E-state index in [0.29, 0.717) is 11.6 Å². The molecular formula is C11H11NO3S. The van der Waals surface area contributed by atoms with Crippen LogP contribution < -0.4 is 0 Å². The second kappa shape index (κ2) is 4.57. The molecule has 0 saturated carbocycles. The van der Waals surface area contributed by atoms with E-state index in [1.165, 1.54) is 11.8 Å². The van der Waals surface area contributed by atoms with Crippen molar-refractivity contribution in [1.29, 1.82) is 0 Å². The van der Waals surface area contributed by atoms with E-state index in [0.717, 1.165) is 16.0 Å². The highest BCUT2D eigenvalue weighted by atomic mass is 32.2. The van der Waals surface area contributed by atoms with Gasteiger partial charge in [-0.1, -0.05) is 0 Å². The van der Waals surface area contributed by atoms with Crippen molar-refractivity contribution in [3.8, 4) is 0 Å². The van der Waals surface area contributed by atoms with E-state index in [2.05, 4.69) is 4.98 Å². The van der Waals surface area contributed by atoms with Crippen molar-refractivity contribution in [2.24, 2.45) is 0 Å². The van der Waals surface area contributed by atoms with E-state index in [9.17, 15) is 4.79 Å². The molecule has 16 heavy (non-hydrogen) atoms. The molecule has 0 bridgehead atoms. The van der Waals surface area contributed by atoms with Gasteiger partial charge < -0.3 is 9.52 Å². The number of hydrogen-bond acceptors (Lipinski definition) is 4. The molecule has 0 unspecified atom stereocenters. The predicted molar refractivity (Wildman–Crippen MR) is 61.7 cm³/mol. The SMILES string of the molecule is Cc1nc2cc(SCCC(=O)O)ccc2o1. The summed E-state index contributed by atoms with van der Waals surface area (Å²) >= 11 is 1.51. The highest BCUT2D eigenvalue weighted by Gasteiger charge is 2.04. The Morgan fingerprint density at radius 2 is 2.38 bits per heavy atom. The number of benzene rings is 1. The monoisotopic (exact) mass is 237 g/mol. The van der Waals surface area contributed by atoms with E-state index in [1.807, 2.05) is 18.2 Å². The molecule has 0 aliphatic heterocycles. The van der Waals surface area contributed by atoms with Gasteiger partial charge in [0.05, 0.1) is 6.42 Å². The number of aryl methyl sites for hydroxylation is 1. The molecule has 2 aromatic rings. The minimum atomic E-state index is -0.772. The van der Waals surface area contributed by atoms with Gasteiger partial charge in [0.25, 0.3) is 0 Å². The lowest BCUT2D eigenvalue weighted by Gasteiger charge is -1.98. The van der Waals surface area contributed by atoms with Crippen LogP contribution >= 0.6 is 11.8 Å². The molecule has 84 valence electrons. The summed E-state index contributed by atoms with van der Waals surface area (Å²) in [6.45, 7) is 1.80. The van der Waals surface area contributed by atoms with E-state index >= 15 is 0 Å². The highest BCUT2D eigenvalue weighted by molar-refractivity contribution is 7.99. The second-order valence-corrected chi connectivity index (χ2v) is 4.52. The van der Waals surface area contributed by atoms with Crippen LogP contribution in [0, 0.1) is 6.92 Å². The summed E-state index contributed by atoms with van der Waals surface area (Å²) in [7, 11) is 0. The number of carbonyl (C=O) groups is 1. The Kier molecular flexibility index (Phi) is 3.14. The molecule has 0 aliphatic carbocycles. The lowest BCUT2D eigenvalue weighted by atomic mass is 10.3. The molecule has 0 radical (unpaired) electrons. The van der Waals surface area contributed by atoms with Crippen LogP contribution in [0.5, 0.6) is 0 Å². The van der Waals surface area contributed by atoms with Crippen LogP contribution in [0.25, 0.3) is 11.1 Å². The van der Waals surface area contributed by atoms with Crippen molar-refractivity contribution in [2.45, 2.75) is 18.2 Å². The first-order valence-electron chi connectivity index (χ1n) is 4.87. The molecule has 0 fully saturated rings. The Balaban J connectivity index is 2.10. The van der Waals surface area contributed by atoms with E-state index in [-0.39, 0.29) is 6.42 Å². The van der Waals surface area contributed by atoms with Crippen molar-refractivity contribution in [2.75, 3.05) is 5.75 Å². The summed E-state index contributed by atoms with van der Waals surface area (Å²) in [5.41, 5.74) is 1.58. The molecule has 0 amide bonds. The smallest absolute Gasteiger partial charge is 0.304 e. The van der Waals surface area contributed by atoms with Gasteiger partial charge >= 0.3 is 5.97 Å². The molecular weight excluding hydrogens is 226 g/mol. The molecule has 0 saturated heterocycles. The first-order valence-corrected chi connectivity index (χ1v) is 5.85. The first-order chi connectivity index (χ1) is 7.65. The van der Waals surface area contributed by atoms with Crippen molar-refractivity contribution in [3.63, 3.8) is 0 Å². The highest BCUT2D eigenvalue weighted by Crippen LogP contribution is 2.24. The third-order valence-electron chi connectivity index (χ3n) is 2.05. The lowest BCUT2D eigenvalue weighted by molar-refractivity contribution is -0.136. The number of hydrogen-bond donors (Lipinski definition) is 1. The number of oxazole rings is 1. The maximum Gasteiger partial charge on any atom is 0.304 e. The van der Waals surface area contributed by atoms with Crippen molar-refractivity contribution < 1.29 is 14.3 Å². The lowest BCUT2D eigenvalue weighted by Crippen LogP contribution is -1.95. The third-order valence-corrected chi connectivity index (χ3v) is 3.05. The normalized spacial score (nSPS) is 10.8. The number of thioether (sulfide) groups is 1. The molecule has 1 N–H and O–H groups in total. The van der Waals surface area contributed by atoms with Crippen LogP contribution in [-0.2, 0) is 4.79 Å². The topological polar surface area (TPSA) is 63.3 Å². The average Bonchev–Trinajstić information content (AvgIpc) is 2.56. The Bertz CT molecular complexity index is 521. The number of carboxylic acid groups (broad SMARTS) is 1. The standard InChI is InChI=1S/C11H11NO3S/c1-7-12-9-6-8(2-3-10(9)15-7)16-5-4-11(13)14/h2-3,6H,4-5H2,1H3,(H,13,14). The van der Waals surface area contributed by atoms with Gasteiger partial charge in [0, 0.05) is 17.6 Å². The van der Waals surface area contributed by atoms with Gasteiger partial charge in [-0.15, -0.1) is 11.8 Å². The summed E-state index contributed by atoms with van der Waals surface area (Å²) in [5.74, 6) is 0.436. The molecule has 0 spiro atoms. The quantitative estimate of drug-likeness (QED) is 0.828. The van der Waals surface area contributed by atoms with E-state index < -0.39 is 5.97 Å². The summed E-state index contributed by atoms with van der Waals surface area (Å²) in [4.78, 5) is 15.6. The summed E-state index contributed by atoms with van der Waals surface area (Å²) < 4.78 is 5.35. The van der Waals surface area contributed by atoms with Gasteiger partial charge in [0.15, 0.2) is 11.5 Å². The predicted octanol–water partition coefficient (Wildman–Crippen LogP) is 2.70. The maximum absolute atomic E-state index is 10.4. The van der Waals surface area contributed by atoms with Crippen LogP contribution in [-0.4, -0.2) is 21.8 Å². The number of aromatic nitrogens is 1. The molecule has 2 rings (SSSR count). The summed E-state index contributed by atoms with van der Waals surface area (Å²) in [5, 5.41) is 8.53. The number of rotatable bonds is 4.